The molecule has 2 aromatic heterocycles. The minimum absolute atomic E-state index is 0.316. The summed E-state index contributed by atoms with van der Waals surface area (Å²) >= 11 is 2.72. The molecule has 10 heteroatoms. The van der Waals surface area contributed by atoms with E-state index in [1.807, 2.05) is 36.6 Å². The average molecular weight is 471 g/mol. The second-order valence-electron chi connectivity index (χ2n) is 6.85. The minimum Gasteiger partial charge on any atom is -0.296 e. The second kappa shape index (κ2) is 8.58. The molecule has 0 aliphatic carbocycles. The van der Waals surface area contributed by atoms with Gasteiger partial charge in [-0.25, -0.2) is 18.4 Å². The van der Waals surface area contributed by atoms with Crippen molar-refractivity contribution in [3.05, 3.63) is 70.5 Å². The SMILES string of the molecule is Cc1ccc(-c2nc(C(=O)Nc3nc(-c4ccc(NS(C)(=O)=O)cc4)cs3)cs2)cc1. The molecule has 0 aliphatic rings. The number of aromatic nitrogens is 2. The Kier molecular flexibility index (Phi) is 5.86. The van der Waals surface area contributed by atoms with Crippen LogP contribution in [0, 0.1) is 6.92 Å². The molecule has 31 heavy (non-hydrogen) atoms. The third-order valence-electron chi connectivity index (χ3n) is 4.24. The first-order valence-electron chi connectivity index (χ1n) is 9.14. The topological polar surface area (TPSA) is 101 Å². The first-order valence-corrected chi connectivity index (χ1v) is 12.8. The van der Waals surface area contributed by atoms with E-state index in [0.29, 0.717) is 22.2 Å². The van der Waals surface area contributed by atoms with Gasteiger partial charge in [-0.15, -0.1) is 22.7 Å². The van der Waals surface area contributed by atoms with E-state index in [9.17, 15) is 13.2 Å². The molecule has 0 saturated heterocycles. The van der Waals surface area contributed by atoms with Crippen LogP contribution in [0.2, 0.25) is 0 Å². The molecule has 2 N–H and O–H groups in total. The second-order valence-corrected chi connectivity index (χ2v) is 10.3. The van der Waals surface area contributed by atoms with Crippen LogP contribution in [0.25, 0.3) is 21.8 Å². The van der Waals surface area contributed by atoms with Gasteiger partial charge in [-0.1, -0.05) is 42.0 Å². The summed E-state index contributed by atoms with van der Waals surface area (Å²) in [5.74, 6) is -0.316. The van der Waals surface area contributed by atoms with Gasteiger partial charge in [-0.3, -0.25) is 14.8 Å². The van der Waals surface area contributed by atoms with Gasteiger partial charge in [0.2, 0.25) is 10.0 Å². The fourth-order valence-electron chi connectivity index (χ4n) is 2.75. The van der Waals surface area contributed by atoms with Crippen LogP contribution in [0.3, 0.4) is 0 Å². The number of hydrogen-bond donors (Lipinski definition) is 2. The molecule has 2 heterocycles. The first kappa shape index (κ1) is 21.2. The lowest BCUT2D eigenvalue weighted by Crippen LogP contribution is -2.12. The number of aryl methyl sites for hydroxylation is 1. The Hall–Kier alpha value is -3.08. The zero-order chi connectivity index (χ0) is 22.0. The van der Waals surface area contributed by atoms with Crippen molar-refractivity contribution >= 4 is 49.4 Å². The average Bonchev–Trinajstić information content (AvgIpc) is 3.38. The molecule has 0 atom stereocenters. The first-order chi connectivity index (χ1) is 14.8. The van der Waals surface area contributed by atoms with E-state index in [0.717, 1.165) is 22.4 Å². The summed E-state index contributed by atoms with van der Waals surface area (Å²) in [6.07, 6.45) is 1.10. The van der Waals surface area contributed by atoms with Crippen LogP contribution >= 0.6 is 22.7 Å². The van der Waals surface area contributed by atoms with Gasteiger partial charge in [0.1, 0.15) is 10.7 Å². The van der Waals surface area contributed by atoms with Crippen molar-refractivity contribution in [2.24, 2.45) is 0 Å². The zero-order valence-electron chi connectivity index (χ0n) is 16.6. The fourth-order valence-corrected chi connectivity index (χ4v) is 4.84. The molecular formula is C21H18N4O3S3. The van der Waals surface area contributed by atoms with Gasteiger partial charge in [-0.2, -0.15) is 0 Å². The minimum atomic E-state index is -3.32. The summed E-state index contributed by atoms with van der Waals surface area (Å²) in [4.78, 5) is 21.5. The molecule has 4 rings (SSSR count). The van der Waals surface area contributed by atoms with Gasteiger partial charge in [0.25, 0.3) is 5.91 Å². The van der Waals surface area contributed by atoms with Gasteiger partial charge in [0.05, 0.1) is 11.9 Å². The van der Waals surface area contributed by atoms with E-state index in [4.69, 9.17) is 0 Å². The van der Waals surface area contributed by atoms with Crippen molar-refractivity contribution in [1.82, 2.24) is 9.97 Å². The highest BCUT2D eigenvalue weighted by molar-refractivity contribution is 7.92. The lowest BCUT2D eigenvalue weighted by Gasteiger charge is -2.04. The van der Waals surface area contributed by atoms with Crippen molar-refractivity contribution in [2.45, 2.75) is 6.92 Å². The molecule has 0 saturated carbocycles. The van der Waals surface area contributed by atoms with Crippen molar-refractivity contribution < 1.29 is 13.2 Å². The molecule has 0 bridgehead atoms. The van der Waals surface area contributed by atoms with Crippen molar-refractivity contribution in [2.75, 3.05) is 16.3 Å². The van der Waals surface area contributed by atoms with Crippen LogP contribution in [0.4, 0.5) is 10.8 Å². The molecular weight excluding hydrogens is 452 g/mol. The molecule has 0 spiro atoms. The largest absolute Gasteiger partial charge is 0.296 e. The lowest BCUT2D eigenvalue weighted by molar-refractivity contribution is 0.102. The highest BCUT2D eigenvalue weighted by Gasteiger charge is 2.14. The molecule has 1 amide bonds. The number of sulfonamides is 1. The number of rotatable bonds is 6. The number of carbonyl (C=O) groups is 1. The molecule has 4 aromatic rings. The van der Waals surface area contributed by atoms with E-state index < -0.39 is 10.0 Å². The van der Waals surface area contributed by atoms with Gasteiger partial charge < -0.3 is 0 Å². The summed E-state index contributed by atoms with van der Waals surface area (Å²) in [7, 11) is -3.32. The normalized spacial score (nSPS) is 11.3. The Morgan fingerprint density at radius 2 is 1.58 bits per heavy atom. The summed E-state index contributed by atoms with van der Waals surface area (Å²) in [6.45, 7) is 2.02. The molecule has 0 fully saturated rings. The van der Waals surface area contributed by atoms with Crippen LogP contribution < -0.4 is 10.0 Å². The highest BCUT2D eigenvalue weighted by Crippen LogP contribution is 2.28. The number of carbonyl (C=O) groups excluding carboxylic acids is 1. The summed E-state index contributed by atoms with van der Waals surface area (Å²) in [6, 6.07) is 14.9. The van der Waals surface area contributed by atoms with Crippen LogP contribution in [-0.2, 0) is 10.0 Å². The van der Waals surface area contributed by atoms with E-state index in [1.54, 1.807) is 29.6 Å². The van der Waals surface area contributed by atoms with E-state index in [-0.39, 0.29) is 5.91 Å². The van der Waals surface area contributed by atoms with Crippen LogP contribution in [-0.4, -0.2) is 30.5 Å². The van der Waals surface area contributed by atoms with Crippen molar-refractivity contribution in [1.29, 1.82) is 0 Å². The maximum atomic E-state index is 12.6. The zero-order valence-corrected chi connectivity index (χ0v) is 19.1. The third-order valence-corrected chi connectivity index (χ3v) is 6.50. The molecule has 0 radical (unpaired) electrons. The summed E-state index contributed by atoms with van der Waals surface area (Å²) in [5, 5.41) is 7.59. The number of amides is 1. The number of hydrogen-bond acceptors (Lipinski definition) is 7. The lowest BCUT2D eigenvalue weighted by atomic mass is 10.1. The molecule has 0 unspecified atom stereocenters. The predicted octanol–water partition coefficient (Wildman–Crippen LogP) is 4.87. The molecule has 158 valence electrons. The Morgan fingerprint density at radius 1 is 0.903 bits per heavy atom. The standard InChI is InChI=1S/C21H18N4O3S3/c1-13-3-5-15(6-4-13)20-22-18(12-29-20)19(26)24-21-23-17(11-30-21)14-7-9-16(10-8-14)25-31(2,27)28/h3-12,25H,1-2H3,(H,23,24,26). The molecule has 0 aliphatic heterocycles. The summed E-state index contributed by atoms with van der Waals surface area (Å²) in [5.41, 5.74) is 4.45. The van der Waals surface area contributed by atoms with Gasteiger partial charge in [0.15, 0.2) is 5.13 Å². The number of nitrogens with one attached hydrogen (secondary N) is 2. The van der Waals surface area contributed by atoms with Crippen LogP contribution in [0.1, 0.15) is 16.1 Å². The smallest absolute Gasteiger partial charge is 0.276 e. The van der Waals surface area contributed by atoms with Gasteiger partial charge in [-0.05, 0) is 19.1 Å². The number of thiazole rings is 2. The summed E-state index contributed by atoms with van der Waals surface area (Å²) < 4.78 is 25.0. The predicted molar refractivity (Wildman–Crippen MR) is 126 cm³/mol. The number of benzene rings is 2. The van der Waals surface area contributed by atoms with Gasteiger partial charge >= 0.3 is 0 Å². The maximum Gasteiger partial charge on any atom is 0.276 e. The van der Waals surface area contributed by atoms with E-state index in [1.165, 1.54) is 28.2 Å². The Labute approximate surface area is 187 Å². The third kappa shape index (κ3) is 5.35. The van der Waals surface area contributed by atoms with Crippen LogP contribution in [0.15, 0.2) is 59.3 Å². The fraction of sp³-hybridized carbons (Fsp3) is 0.0952. The van der Waals surface area contributed by atoms with Crippen molar-refractivity contribution in [3.8, 4) is 21.8 Å². The van der Waals surface area contributed by atoms with Gasteiger partial charge in [0, 0.05) is 27.6 Å². The van der Waals surface area contributed by atoms with Crippen LogP contribution in [0.5, 0.6) is 0 Å². The number of nitrogens with zero attached hydrogens (tertiary/aromatic N) is 2. The highest BCUT2D eigenvalue weighted by atomic mass is 32.2. The molecule has 2 aromatic carbocycles. The van der Waals surface area contributed by atoms with Crippen molar-refractivity contribution in [3.63, 3.8) is 0 Å². The maximum absolute atomic E-state index is 12.6. The Bertz CT molecular complexity index is 1320. The molecule has 7 nitrogen and oxygen atoms in total. The monoisotopic (exact) mass is 470 g/mol. The quantitative estimate of drug-likeness (QED) is 0.419. The van der Waals surface area contributed by atoms with E-state index in [2.05, 4.69) is 20.0 Å². The number of anilines is 2. The Morgan fingerprint density at radius 3 is 2.26 bits per heavy atom. The van der Waals surface area contributed by atoms with E-state index >= 15 is 0 Å². The Balaban J connectivity index is 1.44.